The van der Waals surface area contributed by atoms with Gasteiger partial charge in [-0.25, -0.2) is 9.59 Å². The summed E-state index contributed by atoms with van der Waals surface area (Å²) in [7, 11) is 0. The smallest absolute Gasteiger partial charge is 0.335 e. The van der Waals surface area contributed by atoms with Crippen LogP contribution in [0.15, 0.2) is 72.8 Å². The van der Waals surface area contributed by atoms with Crippen molar-refractivity contribution in [3.05, 3.63) is 84.0 Å². The third kappa shape index (κ3) is 12.8. The van der Waals surface area contributed by atoms with Gasteiger partial charge in [-0.3, -0.25) is 4.79 Å². The van der Waals surface area contributed by atoms with Crippen molar-refractivity contribution in [1.82, 2.24) is 0 Å². The molecule has 0 radical (unpaired) electrons. The van der Waals surface area contributed by atoms with Gasteiger partial charge in [0.15, 0.2) is 0 Å². The molecule has 0 aliphatic heterocycles. The van der Waals surface area contributed by atoms with Crippen LogP contribution in [0.3, 0.4) is 0 Å². The predicted molar refractivity (Wildman–Crippen MR) is 202 cm³/mol. The van der Waals surface area contributed by atoms with E-state index in [9.17, 15) is 14.4 Å². The molecule has 0 amide bonds. The summed E-state index contributed by atoms with van der Waals surface area (Å²) >= 11 is 0. The van der Waals surface area contributed by atoms with E-state index >= 15 is 0 Å². The van der Waals surface area contributed by atoms with Crippen LogP contribution in [0.1, 0.15) is 121 Å². The molecule has 7 nitrogen and oxygen atoms in total. The van der Waals surface area contributed by atoms with E-state index in [4.69, 9.17) is 19.3 Å². The molecule has 1 unspecified atom stereocenters. The fourth-order valence-electron chi connectivity index (χ4n) is 7.71. The average molecular weight is 701 g/mol. The Labute approximate surface area is 305 Å². The summed E-state index contributed by atoms with van der Waals surface area (Å²) in [5, 5.41) is 9.16. The van der Waals surface area contributed by atoms with Crippen LogP contribution < -0.4 is 0 Å². The molecule has 0 spiro atoms. The molecule has 0 saturated heterocycles. The van der Waals surface area contributed by atoms with Gasteiger partial charge in [-0.05, 0) is 130 Å². The zero-order chi connectivity index (χ0) is 36.6. The highest BCUT2D eigenvalue weighted by molar-refractivity contribution is 5.88. The minimum Gasteiger partial charge on any atom is -0.462 e. The van der Waals surface area contributed by atoms with E-state index in [0.29, 0.717) is 36.9 Å². The second-order valence-electron chi connectivity index (χ2n) is 14.8. The number of carbonyl (C=O) groups excluding carboxylic acids is 3. The standard InChI is InChI=1S/C44H60O7/c1-5-6-7-9-33-11-13-35(14-12-33)36-15-17-37(18-16-36)38-19-21-40(22-20-38)44(48)51-41-25-23-39(24-26-41)34(10-8-28-49-42(46)31(2)3)27-29-50-43(47)32(4)30-45/h11-18,34,38-41,45H,2,4-10,19-30H2,1,3H3. The van der Waals surface area contributed by atoms with Crippen LogP contribution in [0.25, 0.3) is 11.1 Å². The van der Waals surface area contributed by atoms with E-state index in [2.05, 4.69) is 68.6 Å². The Hall–Kier alpha value is -3.71. The topological polar surface area (TPSA) is 99.1 Å². The van der Waals surface area contributed by atoms with E-state index in [0.717, 1.165) is 64.2 Å². The third-order valence-corrected chi connectivity index (χ3v) is 11.0. The van der Waals surface area contributed by atoms with E-state index in [-0.39, 0.29) is 42.1 Å². The minimum absolute atomic E-state index is 0.0351. The Kier molecular flexibility index (Phi) is 16.5. The highest BCUT2D eigenvalue weighted by Gasteiger charge is 2.33. The molecule has 0 heterocycles. The summed E-state index contributed by atoms with van der Waals surface area (Å²) in [5.41, 5.74) is 5.68. The van der Waals surface area contributed by atoms with E-state index in [1.807, 2.05) is 0 Å². The van der Waals surface area contributed by atoms with Crippen molar-refractivity contribution in [2.24, 2.45) is 17.8 Å². The van der Waals surface area contributed by atoms with Crippen LogP contribution in [0, 0.1) is 17.8 Å². The lowest BCUT2D eigenvalue weighted by atomic mass is 9.75. The predicted octanol–water partition coefficient (Wildman–Crippen LogP) is 9.46. The molecule has 0 bridgehead atoms. The van der Waals surface area contributed by atoms with Crippen molar-refractivity contribution in [3.63, 3.8) is 0 Å². The SMILES string of the molecule is C=C(C)C(=O)OCCCC(CCOC(=O)C(=C)CO)C1CCC(OC(=O)C2CCC(c3ccc(-c4ccc(CCCCC)cc4)cc3)CC2)CC1. The van der Waals surface area contributed by atoms with Gasteiger partial charge in [0.25, 0.3) is 0 Å². The largest absolute Gasteiger partial charge is 0.462 e. The number of hydrogen-bond acceptors (Lipinski definition) is 7. The van der Waals surface area contributed by atoms with E-state index in [1.165, 1.54) is 41.5 Å². The molecule has 2 saturated carbocycles. The van der Waals surface area contributed by atoms with Crippen molar-refractivity contribution in [1.29, 1.82) is 0 Å². The molecule has 278 valence electrons. The lowest BCUT2D eigenvalue weighted by Crippen LogP contribution is -2.31. The molecular weight excluding hydrogens is 640 g/mol. The van der Waals surface area contributed by atoms with Gasteiger partial charge in [0.05, 0.1) is 31.3 Å². The molecule has 2 aliphatic carbocycles. The maximum atomic E-state index is 13.2. The van der Waals surface area contributed by atoms with Gasteiger partial charge in [-0.2, -0.15) is 0 Å². The van der Waals surface area contributed by atoms with Gasteiger partial charge in [-0.1, -0.05) is 81.5 Å². The highest BCUT2D eigenvalue weighted by Crippen LogP contribution is 2.39. The van der Waals surface area contributed by atoms with Gasteiger partial charge in [0.2, 0.25) is 0 Å². The molecule has 4 rings (SSSR count). The number of aliphatic hydroxyl groups is 1. The van der Waals surface area contributed by atoms with Gasteiger partial charge in [0, 0.05) is 5.57 Å². The van der Waals surface area contributed by atoms with E-state index < -0.39 is 12.6 Å². The molecule has 51 heavy (non-hydrogen) atoms. The maximum absolute atomic E-state index is 13.2. The monoisotopic (exact) mass is 700 g/mol. The lowest BCUT2D eigenvalue weighted by molar-refractivity contribution is -0.157. The quantitative estimate of drug-likeness (QED) is 0.0675. The Morgan fingerprint density at radius 2 is 1.39 bits per heavy atom. The number of carbonyl (C=O) groups is 3. The Balaban J connectivity index is 1.20. The summed E-state index contributed by atoms with van der Waals surface area (Å²) in [5.74, 6) is 0.0936. The maximum Gasteiger partial charge on any atom is 0.335 e. The number of unbranched alkanes of at least 4 members (excludes halogenated alkanes) is 2. The Morgan fingerprint density at radius 1 is 0.765 bits per heavy atom. The molecule has 2 aliphatic rings. The van der Waals surface area contributed by atoms with E-state index in [1.54, 1.807) is 6.92 Å². The second kappa shape index (κ2) is 21.0. The summed E-state index contributed by atoms with van der Waals surface area (Å²) in [6, 6.07) is 18.0. The first-order valence-corrected chi connectivity index (χ1v) is 19.4. The number of hydrogen-bond donors (Lipinski definition) is 1. The molecule has 2 aromatic rings. The summed E-state index contributed by atoms with van der Waals surface area (Å²) in [4.78, 5) is 37.0. The number of benzene rings is 2. The number of ether oxygens (including phenoxy) is 3. The van der Waals surface area contributed by atoms with Crippen molar-refractivity contribution in [2.45, 2.75) is 122 Å². The zero-order valence-corrected chi connectivity index (χ0v) is 31.0. The fraction of sp³-hybridized carbons (Fsp3) is 0.568. The Morgan fingerprint density at radius 3 is 2.00 bits per heavy atom. The zero-order valence-electron chi connectivity index (χ0n) is 31.0. The molecule has 1 atom stereocenters. The van der Waals surface area contributed by atoms with Crippen LogP contribution in [-0.4, -0.2) is 48.9 Å². The van der Waals surface area contributed by atoms with Crippen molar-refractivity contribution < 1.29 is 33.7 Å². The lowest BCUT2D eigenvalue weighted by Gasteiger charge is -2.35. The van der Waals surface area contributed by atoms with Crippen LogP contribution in [0.5, 0.6) is 0 Å². The fourth-order valence-corrected chi connectivity index (χ4v) is 7.71. The highest BCUT2D eigenvalue weighted by atomic mass is 16.5. The Bertz CT molecular complexity index is 1410. The molecule has 2 fully saturated rings. The average Bonchev–Trinajstić information content (AvgIpc) is 3.16. The number of esters is 3. The summed E-state index contributed by atoms with van der Waals surface area (Å²) < 4.78 is 16.7. The number of aryl methyl sites for hydroxylation is 1. The van der Waals surface area contributed by atoms with Crippen molar-refractivity contribution in [2.75, 3.05) is 19.8 Å². The normalized spacial score (nSPS) is 20.9. The molecule has 7 heteroatoms. The van der Waals surface area contributed by atoms with Gasteiger partial charge in [0.1, 0.15) is 6.10 Å². The minimum atomic E-state index is -0.580. The van der Waals surface area contributed by atoms with Gasteiger partial charge < -0.3 is 19.3 Å². The summed E-state index contributed by atoms with van der Waals surface area (Å²) in [6.07, 6.45) is 14.3. The first-order chi connectivity index (χ1) is 24.7. The molecule has 0 aromatic heterocycles. The van der Waals surface area contributed by atoms with Crippen LogP contribution in [0.4, 0.5) is 0 Å². The van der Waals surface area contributed by atoms with Crippen molar-refractivity contribution >= 4 is 17.9 Å². The third-order valence-electron chi connectivity index (χ3n) is 11.0. The van der Waals surface area contributed by atoms with Crippen LogP contribution in [0.2, 0.25) is 0 Å². The van der Waals surface area contributed by atoms with Gasteiger partial charge in [-0.15, -0.1) is 0 Å². The van der Waals surface area contributed by atoms with Crippen molar-refractivity contribution in [3.8, 4) is 11.1 Å². The first kappa shape index (κ1) is 40.1. The van der Waals surface area contributed by atoms with Crippen LogP contribution in [-0.2, 0) is 35.0 Å². The molecule has 2 aromatic carbocycles. The summed E-state index contributed by atoms with van der Waals surface area (Å²) in [6.45, 7) is 11.2. The molecule has 1 N–H and O–H groups in total. The first-order valence-electron chi connectivity index (χ1n) is 19.4. The number of aliphatic hydroxyl groups excluding tert-OH is 1. The van der Waals surface area contributed by atoms with Gasteiger partial charge >= 0.3 is 17.9 Å². The number of rotatable bonds is 19. The second-order valence-corrected chi connectivity index (χ2v) is 14.8. The van der Waals surface area contributed by atoms with Crippen LogP contribution >= 0.6 is 0 Å². The molecular formula is C44H60O7.